The second-order valence-electron chi connectivity index (χ2n) is 5.26. The zero-order valence-corrected chi connectivity index (χ0v) is 11.6. The molecule has 1 saturated heterocycles. The van der Waals surface area contributed by atoms with E-state index in [1.54, 1.807) is 12.1 Å². The summed E-state index contributed by atoms with van der Waals surface area (Å²) in [6.07, 6.45) is 0. The highest BCUT2D eigenvalue weighted by Crippen LogP contribution is 2.23. The number of aryl methyl sites for hydroxylation is 1. The molecule has 0 amide bonds. The third-order valence-corrected chi connectivity index (χ3v) is 4.01. The molecule has 2 aromatic rings. The molecule has 5 nitrogen and oxygen atoms in total. The highest BCUT2D eigenvalue weighted by Gasteiger charge is 2.16. The zero-order chi connectivity index (χ0) is 14.1. The molecular weight excluding hydrogens is 254 g/mol. The van der Waals surface area contributed by atoms with Crippen molar-refractivity contribution < 1.29 is 9.90 Å². The van der Waals surface area contributed by atoms with Crippen LogP contribution in [0.5, 0.6) is 0 Å². The minimum Gasteiger partial charge on any atom is -0.478 e. The molecule has 2 heterocycles. The molecule has 0 aliphatic carbocycles. The Morgan fingerprint density at radius 3 is 2.80 bits per heavy atom. The van der Waals surface area contributed by atoms with Gasteiger partial charge in [-0.3, -0.25) is 4.90 Å². The fourth-order valence-electron chi connectivity index (χ4n) is 2.85. The number of carboxylic acid groups (broad SMARTS) is 1. The molecule has 0 radical (unpaired) electrons. The van der Waals surface area contributed by atoms with E-state index in [0.29, 0.717) is 5.56 Å². The molecule has 1 fully saturated rings. The molecule has 1 aliphatic heterocycles. The van der Waals surface area contributed by atoms with Crippen LogP contribution in [-0.4, -0.2) is 46.7 Å². The molecule has 1 aliphatic rings. The summed E-state index contributed by atoms with van der Waals surface area (Å²) in [6.45, 7) is 4.97. The van der Waals surface area contributed by atoms with Gasteiger partial charge in [0.1, 0.15) is 0 Å². The zero-order valence-electron chi connectivity index (χ0n) is 11.6. The van der Waals surface area contributed by atoms with Crippen LogP contribution >= 0.6 is 0 Å². The summed E-state index contributed by atoms with van der Waals surface area (Å²) in [5, 5.41) is 13.4. The third kappa shape index (κ3) is 2.30. The van der Waals surface area contributed by atoms with Gasteiger partial charge in [-0.1, -0.05) is 6.07 Å². The standard InChI is InChI=1S/C15H19N3O2/c1-17-11(10-18-7-5-16-6-8-18)9-13-12(15(19)20)3-2-4-14(13)17/h2-4,9,16H,5-8,10H2,1H3,(H,19,20). The number of carbonyl (C=O) groups is 1. The first kappa shape index (κ1) is 13.1. The summed E-state index contributed by atoms with van der Waals surface area (Å²) in [7, 11) is 2.01. The lowest BCUT2D eigenvalue weighted by Gasteiger charge is -2.27. The highest BCUT2D eigenvalue weighted by atomic mass is 16.4. The Morgan fingerprint density at radius 1 is 1.35 bits per heavy atom. The third-order valence-electron chi connectivity index (χ3n) is 4.01. The maximum Gasteiger partial charge on any atom is 0.336 e. The number of aromatic nitrogens is 1. The van der Waals surface area contributed by atoms with E-state index < -0.39 is 5.97 Å². The second-order valence-corrected chi connectivity index (χ2v) is 5.26. The lowest BCUT2D eigenvalue weighted by Crippen LogP contribution is -2.43. The lowest BCUT2D eigenvalue weighted by atomic mass is 10.1. The van der Waals surface area contributed by atoms with Crippen LogP contribution in [0.15, 0.2) is 24.3 Å². The molecule has 0 bridgehead atoms. The summed E-state index contributed by atoms with van der Waals surface area (Å²) >= 11 is 0. The Morgan fingerprint density at radius 2 is 2.10 bits per heavy atom. The van der Waals surface area contributed by atoms with E-state index in [-0.39, 0.29) is 0 Å². The number of nitrogens with one attached hydrogen (secondary N) is 1. The van der Waals surface area contributed by atoms with Gasteiger partial charge in [0, 0.05) is 56.4 Å². The molecule has 0 atom stereocenters. The van der Waals surface area contributed by atoms with Gasteiger partial charge >= 0.3 is 5.97 Å². The van der Waals surface area contributed by atoms with Crippen molar-refractivity contribution in [1.29, 1.82) is 0 Å². The minimum absolute atomic E-state index is 0.379. The first-order chi connectivity index (χ1) is 9.66. The van der Waals surface area contributed by atoms with E-state index in [9.17, 15) is 9.90 Å². The Labute approximate surface area is 117 Å². The quantitative estimate of drug-likeness (QED) is 0.884. The van der Waals surface area contributed by atoms with Crippen LogP contribution in [0.1, 0.15) is 16.1 Å². The molecule has 0 saturated carbocycles. The number of benzene rings is 1. The van der Waals surface area contributed by atoms with Crippen molar-refractivity contribution in [3.05, 3.63) is 35.5 Å². The Hall–Kier alpha value is -1.85. The number of nitrogens with zero attached hydrogens (tertiary/aromatic N) is 2. The van der Waals surface area contributed by atoms with Crippen molar-refractivity contribution in [1.82, 2.24) is 14.8 Å². The van der Waals surface area contributed by atoms with Crippen molar-refractivity contribution in [2.45, 2.75) is 6.54 Å². The largest absolute Gasteiger partial charge is 0.478 e. The predicted molar refractivity (Wildman–Crippen MR) is 78.0 cm³/mol. The minimum atomic E-state index is -0.866. The average molecular weight is 273 g/mol. The van der Waals surface area contributed by atoms with E-state index in [1.807, 2.05) is 19.2 Å². The molecule has 3 rings (SSSR count). The Bertz CT molecular complexity index is 642. The van der Waals surface area contributed by atoms with Gasteiger partial charge in [-0.2, -0.15) is 0 Å². The first-order valence-corrected chi connectivity index (χ1v) is 6.90. The number of hydrogen-bond acceptors (Lipinski definition) is 3. The number of piperazine rings is 1. The van der Waals surface area contributed by atoms with Crippen molar-refractivity contribution in [2.24, 2.45) is 7.05 Å². The van der Waals surface area contributed by atoms with Crippen LogP contribution in [-0.2, 0) is 13.6 Å². The van der Waals surface area contributed by atoms with Gasteiger partial charge in [-0.05, 0) is 18.2 Å². The Balaban J connectivity index is 1.97. The molecule has 5 heteroatoms. The van der Waals surface area contributed by atoms with Crippen LogP contribution in [0.3, 0.4) is 0 Å². The monoisotopic (exact) mass is 273 g/mol. The molecular formula is C15H19N3O2. The fraction of sp³-hybridized carbons (Fsp3) is 0.400. The van der Waals surface area contributed by atoms with E-state index in [2.05, 4.69) is 14.8 Å². The topological polar surface area (TPSA) is 57.5 Å². The molecule has 1 aromatic heterocycles. The number of aromatic carboxylic acids is 1. The van der Waals surface area contributed by atoms with Gasteiger partial charge in [0.2, 0.25) is 0 Å². The SMILES string of the molecule is Cn1c(CN2CCNCC2)cc2c(C(=O)O)cccc21. The Kier molecular flexibility index (Phi) is 3.46. The lowest BCUT2D eigenvalue weighted by molar-refractivity contribution is 0.0699. The van der Waals surface area contributed by atoms with Gasteiger partial charge in [-0.25, -0.2) is 4.79 Å². The van der Waals surface area contributed by atoms with Crippen molar-refractivity contribution in [3.8, 4) is 0 Å². The van der Waals surface area contributed by atoms with E-state index in [1.165, 1.54) is 0 Å². The van der Waals surface area contributed by atoms with E-state index >= 15 is 0 Å². The van der Waals surface area contributed by atoms with Crippen LogP contribution in [0.4, 0.5) is 0 Å². The number of carboxylic acids is 1. The molecule has 106 valence electrons. The van der Waals surface area contributed by atoms with Crippen LogP contribution in [0, 0.1) is 0 Å². The van der Waals surface area contributed by atoms with Gasteiger partial charge in [-0.15, -0.1) is 0 Å². The predicted octanol–water partition coefficient (Wildman–Crippen LogP) is 1.28. The van der Waals surface area contributed by atoms with Crippen molar-refractivity contribution in [2.75, 3.05) is 26.2 Å². The number of fused-ring (bicyclic) bond motifs is 1. The van der Waals surface area contributed by atoms with Gasteiger partial charge in [0.25, 0.3) is 0 Å². The summed E-state index contributed by atoms with van der Waals surface area (Å²) in [5.41, 5.74) is 2.52. The summed E-state index contributed by atoms with van der Waals surface area (Å²) in [6, 6.07) is 7.46. The normalized spacial score (nSPS) is 16.6. The number of rotatable bonds is 3. The smallest absolute Gasteiger partial charge is 0.336 e. The molecule has 0 spiro atoms. The molecule has 20 heavy (non-hydrogen) atoms. The molecule has 2 N–H and O–H groups in total. The molecule has 1 aromatic carbocycles. The summed E-state index contributed by atoms with van der Waals surface area (Å²) < 4.78 is 2.10. The maximum absolute atomic E-state index is 11.3. The van der Waals surface area contributed by atoms with Crippen LogP contribution < -0.4 is 5.32 Å². The molecule has 0 unspecified atom stereocenters. The van der Waals surface area contributed by atoms with Crippen molar-refractivity contribution >= 4 is 16.9 Å². The maximum atomic E-state index is 11.3. The van der Waals surface area contributed by atoms with E-state index in [4.69, 9.17) is 0 Å². The van der Waals surface area contributed by atoms with Crippen LogP contribution in [0.25, 0.3) is 10.9 Å². The van der Waals surface area contributed by atoms with Crippen molar-refractivity contribution in [3.63, 3.8) is 0 Å². The number of hydrogen-bond donors (Lipinski definition) is 2. The first-order valence-electron chi connectivity index (χ1n) is 6.90. The fourth-order valence-corrected chi connectivity index (χ4v) is 2.85. The average Bonchev–Trinajstić information content (AvgIpc) is 2.77. The second kappa shape index (κ2) is 5.26. The van der Waals surface area contributed by atoms with Gasteiger partial charge in [0.15, 0.2) is 0 Å². The highest BCUT2D eigenvalue weighted by molar-refractivity contribution is 6.03. The summed E-state index contributed by atoms with van der Waals surface area (Å²) in [4.78, 5) is 13.7. The van der Waals surface area contributed by atoms with E-state index in [0.717, 1.165) is 49.3 Å². The van der Waals surface area contributed by atoms with Crippen LogP contribution in [0.2, 0.25) is 0 Å². The van der Waals surface area contributed by atoms with Gasteiger partial charge in [0.05, 0.1) is 5.56 Å². The summed E-state index contributed by atoms with van der Waals surface area (Å²) in [5.74, 6) is -0.866. The van der Waals surface area contributed by atoms with Gasteiger partial charge < -0.3 is 15.0 Å².